The van der Waals surface area contributed by atoms with Crippen molar-refractivity contribution >= 4 is 48.0 Å². The van der Waals surface area contributed by atoms with E-state index in [-0.39, 0.29) is 10.6 Å². The minimum absolute atomic E-state index is 0.115. The van der Waals surface area contributed by atoms with Gasteiger partial charge < -0.3 is 5.32 Å². The monoisotopic (exact) mass is 323 g/mol. The first-order chi connectivity index (χ1) is 9.61. The highest BCUT2D eigenvalue weighted by atomic mass is 35.5. The van der Waals surface area contributed by atoms with Crippen LogP contribution >= 0.6 is 36.0 Å². The maximum Gasteiger partial charge on any atom is 0.259 e. The third kappa shape index (κ3) is 2.87. The number of benzene rings is 1. The first-order valence-electron chi connectivity index (χ1n) is 5.81. The number of thioether (sulfide) groups is 1. The zero-order chi connectivity index (χ0) is 14.1. The minimum Gasteiger partial charge on any atom is -0.331 e. The number of nitrogens with one attached hydrogen (secondary N) is 1. The molecule has 1 N–H and O–H groups in total. The number of thiol groups is 1. The summed E-state index contributed by atoms with van der Waals surface area (Å²) in [5, 5.41) is 7.80. The molecule has 4 nitrogen and oxygen atoms in total. The smallest absolute Gasteiger partial charge is 0.259 e. The summed E-state index contributed by atoms with van der Waals surface area (Å²) in [7, 11) is 0. The standard InChI is InChI=1S/C13H10ClN3OS2/c14-8-1-3-10(4-2-8)17-6-5-9(16-17)7-11-12(18)15-13(19)20-11/h1-7,13,19H,(H,15,18)/b11-7-. The van der Waals surface area contributed by atoms with E-state index in [4.69, 9.17) is 11.6 Å². The Morgan fingerprint density at radius 2 is 2.10 bits per heavy atom. The van der Waals surface area contributed by atoms with Crippen molar-refractivity contribution in [2.75, 3.05) is 0 Å². The van der Waals surface area contributed by atoms with Crippen molar-refractivity contribution in [2.45, 2.75) is 4.71 Å². The van der Waals surface area contributed by atoms with E-state index < -0.39 is 0 Å². The van der Waals surface area contributed by atoms with E-state index in [1.807, 2.05) is 36.5 Å². The Morgan fingerprint density at radius 1 is 1.35 bits per heavy atom. The normalized spacial score (nSPS) is 20.4. The van der Waals surface area contributed by atoms with Gasteiger partial charge in [0.15, 0.2) is 0 Å². The zero-order valence-electron chi connectivity index (χ0n) is 10.2. The molecule has 0 radical (unpaired) electrons. The molecular weight excluding hydrogens is 314 g/mol. The molecule has 1 atom stereocenters. The number of hydrogen-bond acceptors (Lipinski definition) is 4. The highest BCUT2D eigenvalue weighted by molar-refractivity contribution is 8.14. The fourth-order valence-electron chi connectivity index (χ4n) is 1.77. The van der Waals surface area contributed by atoms with E-state index >= 15 is 0 Å². The Morgan fingerprint density at radius 3 is 2.75 bits per heavy atom. The minimum atomic E-state index is -0.188. The van der Waals surface area contributed by atoms with Gasteiger partial charge >= 0.3 is 0 Å². The fraction of sp³-hybridized carbons (Fsp3) is 0.0769. The van der Waals surface area contributed by atoms with Crippen LogP contribution in [0.3, 0.4) is 0 Å². The van der Waals surface area contributed by atoms with Crippen LogP contribution in [0.1, 0.15) is 5.69 Å². The molecule has 0 spiro atoms. The Balaban J connectivity index is 1.85. The van der Waals surface area contributed by atoms with Gasteiger partial charge in [0.05, 0.1) is 16.3 Å². The maximum absolute atomic E-state index is 11.6. The molecule has 0 bridgehead atoms. The van der Waals surface area contributed by atoms with E-state index in [1.165, 1.54) is 11.8 Å². The molecule has 0 aliphatic carbocycles. The van der Waals surface area contributed by atoms with Crippen LogP contribution in [-0.2, 0) is 4.79 Å². The molecule has 1 amide bonds. The predicted octanol–water partition coefficient (Wildman–Crippen LogP) is 2.94. The molecule has 102 valence electrons. The fourth-order valence-corrected chi connectivity index (χ4v) is 3.12. The first-order valence-corrected chi connectivity index (χ1v) is 7.58. The Labute approximate surface area is 130 Å². The lowest BCUT2D eigenvalue weighted by Crippen LogP contribution is -2.19. The highest BCUT2D eigenvalue weighted by Gasteiger charge is 2.24. The summed E-state index contributed by atoms with van der Waals surface area (Å²) in [5.74, 6) is -0.115. The number of carbonyl (C=O) groups is 1. The van der Waals surface area contributed by atoms with Gasteiger partial charge in [0, 0.05) is 11.2 Å². The van der Waals surface area contributed by atoms with Gasteiger partial charge in [-0.05, 0) is 36.4 Å². The van der Waals surface area contributed by atoms with Gasteiger partial charge in [-0.3, -0.25) is 4.79 Å². The van der Waals surface area contributed by atoms with Crippen molar-refractivity contribution < 1.29 is 4.79 Å². The predicted molar refractivity (Wildman–Crippen MR) is 85.1 cm³/mol. The van der Waals surface area contributed by atoms with Gasteiger partial charge in [-0.15, -0.1) is 12.6 Å². The van der Waals surface area contributed by atoms with Crippen LogP contribution in [0.25, 0.3) is 11.8 Å². The van der Waals surface area contributed by atoms with E-state index in [9.17, 15) is 4.79 Å². The average molecular weight is 324 g/mol. The van der Waals surface area contributed by atoms with E-state index in [0.717, 1.165) is 11.4 Å². The molecule has 1 unspecified atom stereocenters. The third-order valence-corrected chi connectivity index (χ3v) is 4.29. The lowest BCUT2D eigenvalue weighted by molar-refractivity contribution is -0.116. The summed E-state index contributed by atoms with van der Waals surface area (Å²) in [5.41, 5.74) is 1.63. The summed E-state index contributed by atoms with van der Waals surface area (Å²) in [6.07, 6.45) is 3.59. The van der Waals surface area contributed by atoms with Crippen LogP contribution in [0.5, 0.6) is 0 Å². The Hall–Kier alpha value is -1.37. The van der Waals surface area contributed by atoms with Gasteiger partial charge in [-0.1, -0.05) is 23.4 Å². The second-order valence-corrected chi connectivity index (χ2v) is 6.56. The first kappa shape index (κ1) is 13.6. The van der Waals surface area contributed by atoms with Crippen LogP contribution in [0.15, 0.2) is 41.4 Å². The zero-order valence-corrected chi connectivity index (χ0v) is 12.6. The molecule has 1 aromatic heterocycles. The number of halogens is 1. The molecule has 3 rings (SSSR count). The summed E-state index contributed by atoms with van der Waals surface area (Å²) in [6.45, 7) is 0. The van der Waals surface area contributed by atoms with E-state index in [1.54, 1.807) is 10.8 Å². The summed E-state index contributed by atoms with van der Waals surface area (Å²) in [6, 6.07) is 9.23. The number of amides is 1. The van der Waals surface area contributed by atoms with E-state index in [0.29, 0.717) is 9.93 Å². The van der Waals surface area contributed by atoms with Gasteiger partial charge in [0.1, 0.15) is 4.71 Å². The molecule has 2 aromatic rings. The molecule has 1 aliphatic heterocycles. The number of hydrogen-bond donors (Lipinski definition) is 2. The molecule has 1 aliphatic rings. The van der Waals surface area contributed by atoms with Crippen LogP contribution in [0.4, 0.5) is 0 Å². The molecule has 2 heterocycles. The van der Waals surface area contributed by atoms with Crippen molar-refractivity contribution in [2.24, 2.45) is 0 Å². The molecule has 20 heavy (non-hydrogen) atoms. The van der Waals surface area contributed by atoms with Gasteiger partial charge in [-0.2, -0.15) is 5.10 Å². The van der Waals surface area contributed by atoms with Crippen LogP contribution in [0.2, 0.25) is 5.02 Å². The maximum atomic E-state index is 11.6. The average Bonchev–Trinajstić information content (AvgIpc) is 2.98. The van der Waals surface area contributed by atoms with Crippen molar-refractivity contribution in [3.05, 3.63) is 52.2 Å². The van der Waals surface area contributed by atoms with Gasteiger partial charge in [0.2, 0.25) is 0 Å². The molecule has 1 fully saturated rings. The SMILES string of the molecule is O=C1NC(S)S/C1=C\c1ccn(-c2ccc(Cl)cc2)n1. The lowest BCUT2D eigenvalue weighted by atomic mass is 10.3. The van der Waals surface area contributed by atoms with E-state index in [2.05, 4.69) is 23.0 Å². The third-order valence-electron chi connectivity index (χ3n) is 2.70. The summed E-state index contributed by atoms with van der Waals surface area (Å²) >= 11 is 11.4. The topological polar surface area (TPSA) is 46.9 Å². The highest BCUT2D eigenvalue weighted by Crippen LogP contribution is 2.30. The number of aromatic nitrogens is 2. The molecule has 1 aromatic carbocycles. The Kier molecular flexibility index (Phi) is 3.78. The Bertz CT molecular complexity index is 681. The number of carbonyl (C=O) groups excluding carboxylic acids is 1. The van der Waals surface area contributed by atoms with Crippen LogP contribution < -0.4 is 5.32 Å². The number of nitrogens with zero attached hydrogens (tertiary/aromatic N) is 2. The summed E-state index contributed by atoms with van der Waals surface area (Å²) < 4.78 is 1.55. The van der Waals surface area contributed by atoms with Crippen molar-refractivity contribution in [1.29, 1.82) is 0 Å². The molecule has 7 heteroatoms. The summed E-state index contributed by atoms with van der Waals surface area (Å²) in [4.78, 5) is 12.2. The van der Waals surface area contributed by atoms with Gasteiger partial charge in [-0.25, -0.2) is 4.68 Å². The van der Waals surface area contributed by atoms with Crippen molar-refractivity contribution in [3.8, 4) is 5.69 Å². The molecule has 0 saturated carbocycles. The second kappa shape index (κ2) is 5.55. The second-order valence-electron chi connectivity index (χ2n) is 4.11. The molecule has 1 saturated heterocycles. The number of rotatable bonds is 2. The lowest BCUT2D eigenvalue weighted by Gasteiger charge is -2.00. The van der Waals surface area contributed by atoms with Crippen molar-refractivity contribution in [3.63, 3.8) is 0 Å². The van der Waals surface area contributed by atoms with Gasteiger partial charge in [0.25, 0.3) is 5.91 Å². The quantitative estimate of drug-likeness (QED) is 0.660. The van der Waals surface area contributed by atoms with Crippen LogP contribution in [-0.4, -0.2) is 20.4 Å². The van der Waals surface area contributed by atoms with Crippen molar-refractivity contribution in [1.82, 2.24) is 15.1 Å². The van der Waals surface area contributed by atoms with Crippen LogP contribution in [0, 0.1) is 0 Å². The molecular formula is C13H10ClN3OS2. The largest absolute Gasteiger partial charge is 0.331 e.